The highest BCUT2D eigenvalue weighted by Crippen LogP contribution is 2.31. The minimum absolute atomic E-state index is 0.110. The number of ketones is 3. The molecule has 122 valence electrons. The Balaban J connectivity index is 1.93. The Kier molecular flexibility index (Phi) is 4.67. The van der Waals surface area contributed by atoms with Gasteiger partial charge >= 0.3 is 0 Å². The third-order valence-electron chi connectivity index (χ3n) is 4.28. The summed E-state index contributed by atoms with van der Waals surface area (Å²) < 4.78 is 5.84. The molecule has 1 unspecified atom stereocenters. The molecule has 2 aromatic carbocycles. The molecule has 1 aliphatic carbocycles. The molecule has 0 aliphatic heterocycles. The van der Waals surface area contributed by atoms with Gasteiger partial charge in [0.2, 0.25) is 17.3 Å². The quantitative estimate of drug-likeness (QED) is 0.482. The first-order valence-corrected chi connectivity index (χ1v) is 7.99. The Morgan fingerprint density at radius 2 is 1.58 bits per heavy atom. The van der Waals surface area contributed by atoms with Crippen molar-refractivity contribution in [2.75, 3.05) is 0 Å². The molecule has 1 fully saturated rings. The van der Waals surface area contributed by atoms with Gasteiger partial charge in [0.15, 0.2) is 5.60 Å². The lowest BCUT2D eigenvalue weighted by Gasteiger charge is -2.33. The monoisotopic (exact) mass is 322 g/mol. The van der Waals surface area contributed by atoms with Gasteiger partial charge in [0.05, 0.1) is 6.61 Å². The summed E-state index contributed by atoms with van der Waals surface area (Å²) in [4.78, 5) is 37.6. The molecule has 1 saturated carbocycles. The maximum atomic E-state index is 13.0. The summed E-state index contributed by atoms with van der Waals surface area (Å²) in [6, 6.07) is 17.8. The van der Waals surface area contributed by atoms with E-state index < -0.39 is 23.0 Å². The number of Topliss-reactive ketones (excluding diaryl/α,β-unsaturated/α-hetero) is 3. The van der Waals surface area contributed by atoms with Crippen molar-refractivity contribution in [1.29, 1.82) is 0 Å². The standard InChI is InChI=1S/C20H18O4/c21-17-12-7-13-20(19(17)23,18(22)16-10-5-2-6-11-16)24-14-15-8-3-1-4-9-15/h1-6,8-11H,7,12-14H2. The van der Waals surface area contributed by atoms with Crippen molar-refractivity contribution in [1.82, 2.24) is 0 Å². The minimum Gasteiger partial charge on any atom is -0.354 e. The predicted octanol–water partition coefficient (Wildman–Crippen LogP) is 3.15. The van der Waals surface area contributed by atoms with E-state index in [1.807, 2.05) is 30.3 Å². The van der Waals surface area contributed by atoms with E-state index in [2.05, 4.69) is 0 Å². The fraction of sp³-hybridized carbons (Fsp3) is 0.250. The van der Waals surface area contributed by atoms with Gasteiger partial charge in [-0.2, -0.15) is 0 Å². The topological polar surface area (TPSA) is 60.4 Å². The molecule has 0 bridgehead atoms. The van der Waals surface area contributed by atoms with Crippen molar-refractivity contribution >= 4 is 17.3 Å². The molecular weight excluding hydrogens is 304 g/mol. The Bertz CT molecular complexity index is 752. The third-order valence-corrected chi connectivity index (χ3v) is 4.28. The van der Waals surface area contributed by atoms with Crippen molar-refractivity contribution in [2.24, 2.45) is 0 Å². The van der Waals surface area contributed by atoms with Crippen molar-refractivity contribution in [3.63, 3.8) is 0 Å². The van der Waals surface area contributed by atoms with E-state index in [0.717, 1.165) is 5.56 Å². The lowest BCUT2D eigenvalue weighted by molar-refractivity contribution is -0.154. The fourth-order valence-corrected chi connectivity index (χ4v) is 2.97. The molecule has 3 rings (SSSR count). The first-order valence-electron chi connectivity index (χ1n) is 7.99. The van der Waals surface area contributed by atoms with Crippen LogP contribution in [0.4, 0.5) is 0 Å². The van der Waals surface area contributed by atoms with Gasteiger partial charge in [-0.1, -0.05) is 60.7 Å². The molecule has 0 saturated heterocycles. The van der Waals surface area contributed by atoms with Gasteiger partial charge in [-0.3, -0.25) is 14.4 Å². The highest BCUT2D eigenvalue weighted by Gasteiger charge is 2.51. The first kappa shape index (κ1) is 16.3. The predicted molar refractivity (Wildman–Crippen MR) is 88.6 cm³/mol. The summed E-state index contributed by atoms with van der Waals surface area (Å²) in [6.07, 6.45) is 0.882. The van der Waals surface area contributed by atoms with Gasteiger partial charge in [0, 0.05) is 12.0 Å². The average Bonchev–Trinajstić information content (AvgIpc) is 2.64. The summed E-state index contributed by atoms with van der Waals surface area (Å²) in [5.41, 5.74) is -0.468. The number of carbonyl (C=O) groups excluding carboxylic acids is 3. The van der Waals surface area contributed by atoms with Crippen LogP contribution < -0.4 is 0 Å². The van der Waals surface area contributed by atoms with Crippen LogP contribution in [0.25, 0.3) is 0 Å². The summed E-state index contributed by atoms with van der Waals surface area (Å²) in [5, 5.41) is 0. The van der Waals surface area contributed by atoms with E-state index >= 15 is 0 Å². The van der Waals surface area contributed by atoms with Crippen LogP contribution in [0.1, 0.15) is 35.2 Å². The summed E-state index contributed by atoms with van der Waals surface area (Å²) >= 11 is 0. The van der Waals surface area contributed by atoms with Crippen molar-refractivity contribution in [2.45, 2.75) is 31.5 Å². The van der Waals surface area contributed by atoms with Crippen molar-refractivity contribution in [3.8, 4) is 0 Å². The zero-order valence-electron chi connectivity index (χ0n) is 13.2. The van der Waals surface area contributed by atoms with E-state index in [1.165, 1.54) is 0 Å². The van der Waals surface area contributed by atoms with Crippen LogP contribution in [0.3, 0.4) is 0 Å². The summed E-state index contributed by atoms with van der Waals surface area (Å²) in [6.45, 7) is 0.110. The average molecular weight is 322 g/mol. The second-order valence-electron chi connectivity index (χ2n) is 5.90. The van der Waals surface area contributed by atoms with Gasteiger partial charge < -0.3 is 4.74 Å². The van der Waals surface area contributed by atoms with Gasteiger partial charge in [0.1, 0.15) is 0 Å². The molecule has 0 spiro atoms. The van der Waals surface area contributed by atoms with Gasteiger partial charge in [-0.25, -0.2) is 0 Å². The molecule has 1 atom stereocenters. The van der Waals surface area contributed by atoms with Gasteiger partial charge in [0.25, 0.3) is 0 Å². The largest absolute Gasteiger partial charge is 0.354 e. The molecule has 4 heteroatoms. The second-order valence-corrected chi connectivity index (χ2v) is 5.90. The first-order chi connectivity index (χ1) is 11.6. The number of hydrogen-bond donors (Lipinski definition) is 0. The maximum absolute atomic E-state index is 13.0. The highest BCUT2D eigenvalue weighted by atomic mass is 16.5. The SMILES string of the molecule is O=C1CCCC(OCc2ccccc2)(C(=O)c2ccccc2)C1=O. The molecule has 0 N–H and O–H groups in total. The number of benzene rings is 2. The number of ether oxygens (including phenoxy) is 1. The molecule has 0 radical (unpaired) electrons. The molecule has 0 aromatic heterocycles. The zero-order chi connectivity index (χ0) is 17.0. The maximum Gasteiger partial charge on any atom is 0.238 e. The molecule has 24 heavy (non-hydrogen) atoms. The molecule has 1 aliphatic rings. The number of rotatable bonds is 5. The number of carbonyl (C=O) groups is 3. The Hall–Kier alpha value is -2.59. The normalized spacial score (nSPS) is 20.8. The lowest BCUT2D eigenvalue weighted by atomic mass is 9.77. The number of hydrogen-bond acceptors (Lipinski definition) is 4. The van der Waals surface area contributed by atoms with Crippen LogP contribution in [-0.2, 0) is 20.9 Å². The highest BCUT2D eigenvalue weighted by molar-refractivity contribution is 6.46. The molecule has 4 nitrogen and oxygen atoms in total. The van der Waals surface area contributed by atoms with E-state index in [0.29, 0.717) is 12.0 Å². The van der Waals surface area contributed by atoms with Crippen LogP contribution in [0.5, 0.6) is 0 Å². The van der Waals surface area contributed by atoms with Crippen LogP contribution in [-0.4, -0.2) is 23.0 Å². The van der Waals surface area contributed by atoms with E-state index in [4.69, 9.17) is 4.74 Å². The van der Waals surface area contributed by atoms with Crippen LogP contribution >= 0.6 is 0 Å². The Labute approximate surface area is 140 Å². The second kappa shape index (κ2) is 6.89. The van der Waals surface area contributed by atoms with E-state index in [-0.39, 0.29) is 19.4 Å². The van der Waals surface area contributed by atoms with Gasteiger partial charge in [-0.15, -0.1) is 0 Å². The lowest BCUT2D eigenvalue weighted by Crippen LogP contribution is -2.54. The smallest absolute Gasteiger partial charge is 0.238 e. The van der Waals surface area contributed by atoms with E-state index in [1.54, 1.807) is 30.3 Å². The minimum atomic E-state index is -1.70. The van der Waals surface area contributed by atoms with Gasteiger partial charge in [-0.05, 0) is 18.4 Å². The third kappa shape index (κ3) is 3.05. The summed E-state index contributed by atoms with van der Waals surface area (Å²) in [7, 11) is 0. The molecule has 0 amide bonds. The van der Waals surface area contributed by atoms with Crippen LogP contribution in [0.2, 0.25) is 0 Å². The Morgan fingerprint density at radius 1 is 0.958 bits per heavy atom. The molecule has 0 heterocycles. The Morgan fingerprint density at radius 3 is 2.25 bits per heavy atom. The van der Waals surface area contributed by atoms with Crippen molar-refractivity contribution < 1.29 is 19.1 Å². The van der Waals surface area contributed by atoms with Crippen LogP contribution in [0.15, 0.2) is 60.7 Å². The van der Waals surface area contributed by atoms with Crippen LogP contribution in [0, 0.1) is 0 Å². The zero-order valence-corrected chi connectivity index (χ0v) is 13.2. The van der Waals surface area contributed by atoms with E-state index in [9.17, 15) is 14.4 Å². The fourth-order valence-electron chi connectivity index (χ4n) is 2.97. The summed E-state index contributed by atoms with van der Waals surface area (Å²) in [5.74, 6) is -1.69. The molecule has 2 aromatic rings. The molecular formula is C20H18O4. The van der Waals surface area contributed by atoms with Crippen molar-refractivity contribution in [3.05, 3.63) is 71.8 Å².